The minimum atomic E-state index is -0.111. The lowest BCUT2D eigenvalue weighted by Crippen LogP contribution is -2.47. The van der Waals surface area contributed by atoms with E-state index in [4.69, 9.17) is 0 Å². The average Bonchev–Trinajstić information content (AvgIpc) is 2.30. The third kappa shape index (κ3) is 2.92. The summed E-state index contributed by atoms with van der Waals surface area (Å²) in [5.41, 5.74) is 0. The molecule has 0 aliphatic carbocycles. The molecule has 0 spiro atoms. The first-order valence-corrected chi connectivity index (χ1v) is 6.40. The second-order valence-electron chi connectivity index (χ2n) is 5.10. The predicted octanol–water partition coefficient (Wildman–Crippen LogP) is 0.831. The second kappa shape index (κ2) is 5.28. The van der Waals surface area contributed by atoms with Gasteiger partial charge in [0.1, 0.15) is 0 Å². The zero-order valence-electron chi connectivity index (χ0n) is 9.78. The third-order valence-electron chi connectivity index (χ3n) is 4.08. The van der Waals surface area contributed by atoms with Crippen LogP contribution in [0.25, 0.3) is 0 Å². The first-order valence-electron chi connectivity index (χ1n) is 6.40. The van der Waals surface area contributed by atoms with E-state index >= 15 is 0 Å². The topological polar surface area (TPSA) is 35.5 Å². The van der Waals surface area contributed by atoms with Gasteiger partial charge < -0.3 is 15.3 Å². The Morgan fingerprint density at radius 3 is 2.27 bits per heavy atom. The highest BCUT2D eigenvalue weighted by Crippen LogP contribution is 2.24. The minimum Gasteiger partial charge on any atom is -0.393 e. The zero-order chi connectivity index (χ0) is 10.7. The van der Waals surface area contributed by atoms with Crippen molar-refractivity contribution in [2.75, 3.05) is 26.2 Å². The normalized spacial score (nSPS) is 29.2. The number of rotatable bonds is 2. The number of aliphatic hydroxyl groups is 1. The molecule has 0 bridgehead atoms. The second-order valence-corrected chi connectivity index (χ2v) is 5.10. The van der Waals surface area contributed by atoms with E-state index in [9.17, 15) is 5.11 Å². The van der Waals surface area contributed by atoms with Crippen LogP contribution in [0.3, 0.4) is 0 Å². The molecule has 0 amide bonds. The van der Waals surface area contributed by atoms with Gasteiger partial charge in [0.05, 0.1) is 6.10 Å². The van der Waals surface area contributed by atoms with Crippen LogP contribution in [-0.2, 0) is 0 Å². The van der Waals surface area contributed by atoms with Gasteiger partial charge in [0.15, 0.2) is 0 Å². The molecule has 0 unspecified atom stereocenters. The van der Waals surface area contributed by atoms with Crippen LogP contribution in [0.2, 0.25) is 0 Å². The largest absolute Gasteiger partial charge is 0.393 e. The fourth-order valence-electron chi connectivity index (χ4n) is 2.94. The van der Waals surface area contributed by atoms with Crippen LogP contribution in [0, 0.1) is 5.92 Å². The molecule has 2 aliphatic rings. The zero-order valence-corrected chi connectivity index (χ0v) is 9.78. The van der Waals surface area contributed by atoms with Crippen LogP contribution in [0.4, 0.5) is 0 Å². The molecule has 0 radical (unpaired) electrons. The number of likely N-dealkylation sites (tertiary alicyclic amines) is 1. The van der Waals surface area contributed by atoms with Crippen LogP contribution in [0.1, 0.15) is 32.6 Å². The predicted molar refractivity (Wildman–Crippen MR) is 61.9 cm³/mol. The number of nitrogens with one attached hydrogen (secondary N) is 1. The molecule has 2 heterocycles. The molecule has 0 aromatic heterocycles. The maximum atomic E-state index is 9.55. The first kappa shape index (κ1) is 11.4. The Bertz CT molecular complexity index is 182. The van der Waals surface area contributed by atoms with Crippen molar-refractivity contribution in [1.29, 1.82) is 0 Å². The highest BCUT2D eigenvalue weighted by atomic mass is 16.3. The standard InChI is InChI=1S/C12H24N2O/c1-10(15)11-4-8-14(9-5-11)12-2-6-13-7-3-12/h10-13,15H,2-9H2,1H3/t10-/m1/s1. The number of nitrogens with zero attached hydrogens (tertiary/aromatic N) is 1. The fraction of sp³-hybridized carbons (Fsp3) is 1.00. The van der Waals surface area contributed by atoms with Crippen molar-refractivity contribution in [3.63, 3.8) is 0 Å². The third-order valence-corrected chi connectivity index (χ3v) is 4.08. The lowest BCUT2D eigenvalue weighted by atomic mass is 9.90. The molecular weight excluding hydrogens is 188 g/mol. The molecular formula is C12H24N2O. The van der Waals surface area contributed by atoms with E-state index < -0.39 is 0 Å². The summed E-state index contributed by atoms with van der Waals surface area (Å²) >= 11 is 0. The molecule has 1 atom stereocenters. The van der Waals surface area contributed by atoms with E-state index in [0.717, 1.165) is 6.04 Å². The molecule has 0 aromatic rings. The smallest absolute Gasteiger partial charge is 0.0541 e. The van der Waals surface area contributed by atoms with Gasteiger partial charge in [0.2, 0.25) is 0 Å². The molecule has 2 N–H and O–H groups in total. The summed E-state index contributed by atoms with van der Waals surface area (Å²) in [6, 6.07) is 0.807. The highest BCUT2D eigenvalue weighted by Gasteiger charge is 2.27. The number of hydrogen-bond donors (Lipinski definition) is 2. The van der Waals surface area contributed by atoms with Gasteiger partial charge in [-0.15, -0.1) is 0 Å². The summed E-state index contributed by atoms with van der Waals surface area (Å²) < 4.78 is 0. The van der Waals surface area contributed by atoms with Gasteiger partial charge in [0.25, 0.3) is 0 Å². The van der Waals surface area contributed by atoms with E-state index in [0.29, 0.717) is 5.92 Å². The molecule has 2 aliphatic heterocycles. The maximum Gasteiger partial charge on any atom is 0.0541 e. The minimum absolute atomic E-state index is 0.111. The number of piperidine rings is 2. The van der Waals surface area contributed by atoms with Crippen molar-refractivity contribution in [3.05, 3.63) is 0 Å². The molecule has 2 rings (SSSR count). The molecule has 88 valence electrons. The summed E-state index contributed by atoms with van der Waals surface area (Å²) in [5, 5.41) is 13.0. The lowest BCUT2D eigenvalue weighted by Gasteiger charge is -2.40. The van der Waals surface area contributed by atoms with E-state index in [1.165, 1.54) is 51.9 Å². The van der Waals surface area contributed by atoms with Crippen LogP contribution >= 0.6 is 0 Å². The molecule has 2 saturated heterocycles. The number of hydrogen-bond acceptors (Lipinski definition) is 3. The Morgan fingerprint density at radius 1 is 1.13 bits per heavy atom. The summed E-state index contributed by atoms with van der Waals surface area (Å²) in [6.07, 6.45) is 4.86. The summed E-state index contributed by atoms with van der Waals surface area (Å²) in [6.45, 7) is 6.69. The SMILES string of the molecule is C[C@@H](O)C1CCN(C2CCNCC2)CC1. The Hall–Kier alpha value is -0.120. The first-order chi connectivity index (χ1) is 7.27. The Labute approximate surface area is 92.8 Å². The monoisotopic (exact) mass is 212 g/mol. The van der Waals surface area contributed by atoms with Crippen molar-refractivity contribution in [3.8, 4) is 0 Å². The van der Waals surface area contributed by atoms with E-state index in [2.05, 4.69) is 10.2 Å². The van der Waals surface area contributed by atoms with Crippen molar-refractivity contribution in [1.82, 2.24) is 10.2 Å². The van der Waals surface area contributed by atoms with Crippen LogP contribution in [0.15, 0.2) is 0 Å². The molecule has 3 nitrogen and oxygen atoms in total. The van der Waals surface area contributed by atoms with E-state index in [-0.39, 0.29) is 6.10 Å². The van der Waals surface area contributed by atoms with Gasteiger partial charge in [-0.05, 0) is 64.7 Å². The van der Waals surface area contributed by atoms with Crippen LogP contribution in [-0.4, -0.2) is 48.3 Å². The molecule has 3 heteroatoms. The molecule has 0 saturated carbocycles. The fourth-order valence-corrected chi connectivity index (χ4v) is 2.94. The molecule has 2 fully saturated rings. The Balaban J connectivity index is 1.77. The van der Waals surface area contributed by atoms with Gasteiger partial charge in [-0.3, -0.25) is 0 Å². The van der Waals surface area contributed by atoms with Crippen LogP contribution in [0.5, 0.6) is 0 Å². The quantitative estimate of drug-likeness (QED) is 0.712. The highest BCUT2D eigenvalue weighted by molar-refractivity contribution is 4.83. The van der Waals surface area contributed by atoms with Gasteiger partial charge in [0, 0.05) is 6.04 Å². The van der Waals surface area contributed by atoms with Gasteiger partial charge in [-0.25, -0.2) is 0 Å². The molecule has 15 heavy (non-hydrogen) atoms. The van der Waals surface area contributed by atoms with Gasteiger partial charge in [-0.2, -0.15) is 0 Å². The van der Waals surface area contributed by atoms with Gasteiger partial charge in [-0.1, -0.05) is 0 Å². The number of aliphatic hydroxyl groups excluding tert-OH is 1. The van der Waals surface area contributed by atoms with Crippen LogP contribution < -0.4 is 5.32 Å². The summed E-state index contributed by atoms with van der Waals surface area (Å²) in [7, 11) is 0. The van der Waals surface area contributed by atoms with Crippen molar-refractivity contribution in [2.24, 2.45) is 5.92 Å². The Morgan fingerprint density at radius 2 is 1.73 bits per heavy atom. The average molecular weight is 212 g/mol. The summed E-state index contributed by atoms with van der Waals surface area (Å²) in [4.78, 5) is 2.64. The Kier molecular flexibility index (Phi) is 4.00. The van der Waals surface area contributed by atoms with Crippen molar-refractivity contribution in [2.45, 2.75) is 44.8 Å². The molecule has 0 aromatic carbocycles. The van der Waals surface area contributed by atoms with E-state index in [1.54, 1.807) is 0 Å². The van der Waals surface area contributed by atoms with Crippen molar-refractivity contribution >= 4 is 0 Å². The van der Waals surface area contributed by atoms with Gasteiger partial charge >= 0.3 is 0 Å². The van der Waals surface area contributed by atoms with E-state index in [1.807, 2.05) is 6.92 Å². The maximum absolute atomic E-state index is 9.55. The van der Waals surface area contributed by atoms with Crippen molar-refractivity contribution < 1.29 is 5.11 Å². The summed E-state index contributed by atoms with van der Waals surface area (Å²) in [5.74, 6) is 0.544. The lowest BCUT2D eigenvalue weighted by molar-refractivity contribution is 0.0491.